The van der Waals surface area contributed by atoms with Gasteiger partial charge in [-0.3, -0.25) is 9.59 Å². The second-order valence-corrected chi connectivity index (χ2v) is 9.69. The lowest BCUT2D eigenvalue weighted by Crippen LogP contribution is -2.57. The molecule has 0 saturated heterocycles. The number of carbonyl (C=O) groups is 2. The van der Waals surface area contributed by atoms with Crippen LogP contribution < -0.4 is 14.8 Å². The van der Waals surface area contributed by atoms with E-state index >= 15 is 0 Å². The van der Waals surface area contributed by atoms with Crippen LogP contribution in [0.4, 0.5) is 13.2 Å². The van der Waals surface area contributed by atoms with Gasteiger partial charge >= 0.3 is 6.18 Å². The van der Waals surface area contributed by atoms with Crippen LogP contribution in [0.2, 0.25) is 0 Å². The van der Waals surface area contributed by atoms with E-state index < -0.39 is 42.8 Å². The minimum Gasteiger partial charge on any atom is -0.493 e. The fourth-order valence-electron chi connectivity index (χ4n) is 3.95. The molecule has 4 N–H and O–H groups in total. The molecule has 0 saturated carbocycles. The first-order valence-electron chi connectivity index (χ1n) is 11.7. The lowest BCUT2D eigenvalue weighted by molar-refractivity contribution is -0.172. The zero-order valence-electron chi connectivity index (χ0n) is 20.6. The van der Waals surface area contributed by atoms with Crippen molar-refractivity contribution in [3.8, 4) is 11.5 Å². The highest BCUT2D eigenvalue weighted by molar-refractivity contribution is 14.1. The molecule has 0 bridgehead atoms. The summed E-state index contributed by atoms with van der Waals surface area (Å²) in [6.07, 6.45) is -5.91. The number of nitrogens with one attached hydrogen (secondary N) is 1. The summed E-state index contributed by atoms with van der Waals surface area (Å²) in [5, 5.41) is 32.1. The molecule has 9 nitrogen and oxygen atoms in total. The van der Waals surface area contributed by atoms with E-state index in [4.69, 9.17) is 14.6 Å². The number of carbonyl (C=O) groups excluding carboxylic acids is 2. The van der Waals surface area contributed by atoms with Crippen molar-refractivity contribution in [2.75, 3.05) is 26.8 Å². The number of aliphatic hydroxyl groups is 3. The van der Waals surface area contributed by atoms with Crippen molar-refractivity contribution in [3.63, 3.8) is 0 Å². The van der Waals surface area contributed by atoms with Gasteiger partial charge in [0.2, 0.25) is 11.8 Å². The van der Waals surface area contributed by atoms with E-state index in [2.05, 4.69) is 5.32 Å². The SMILES string of the molecule is CCCCC(=O)N(CC(F)(F)F)C1CC(C(=O)NCCO)=CC(Oc2c(I)cc(CO)cc2OC)C1O. The van der Waals surface area contributed by atoms with Gasteiger partial charge in [0.15, 0.2) is 11.5 Å². The van der Waals surface area contributed by atoms with Gasteiger partial charge in [-0.2, -0.15) is 13.2 Å². The van der Waals surface area contributed by atoms with E-state index in [0.29, 0.717) is 26.9 Å². The van der Waals surface area contributed by atoms with Crippen molar-refractivity contribution in [2.45, 2.75) is 63.6 Å². The van der Waals surface area contributed by atoms with E-state index in [-0.39, 0.29) is 49.7 Å². The molecule has 1 aromatic carbocycles. The maximum Gasteiger partial charge on any atom is 0.406 e. The monoisotopic (exact) mass is 644 g/mol. The largest absolute Gasteiger partial charge is 0.493 e. The average molecular weight is 644 g/mol. The van der Waals surface area contributed by atoms with Gasteiger partial charge in [-0.15, -0.1) is 0 Å². The third-order valence-corrected chi connectivity index (χ3v) is 6.56. The van der Waals surface area contributed by atoms with Crippen LogP contribution in [-0.4, -0.2) is 83.3 Å². The smallest absolute Gasteiger partial charge is 0.406 e. The molecule has 13 heteroatoms. The molecule has 3 atom stereocenters. The Morgan fingerprint density at radius 1 is 1.27 bits per heavy atom. The number of halogens is 4. The lowest BCUT2D eigenvalue weighted by Gasteiger charge is -2.41. The van der Waals surface area contributed by atoms with E-state index in [9.17, 15) is 33.0 Å². The van der Waals surface area contributed by atoms with Gasteiger partial charge in [-0.1, -0.05) is 13.3 Å². The summed E-state index contributed by atoms with van der Waals surface area (Å²) < 4.78 is 52.3. The van der Waals surface area contributed by atoms with Crippen LogP contribution in [0.15, 0.2) is 23.8 Å². The van der Waals surface area contributed by atoms with Crippen molar-refractivity contribution < 1.29 is 47.6 Å². The summed E-state index contributed by atoms with van der Waals surface area (Å²) in [6, 6.07) is 1.71. The summed E-state index contributed by atoms with van der Waals surface area (Å²) in [6.45, 7) is -0.522. The Kier molecular flexibility index (Phi) is 11.9. The standard InChI is InChI=1S/C24H32F3IN2O7/c1-3-4-5-20(33)30(13-24(25,26)27)17-10-15(23(35)29-6-7-31)11-18(21(17)34)37-22-16(28)8-14(12-32)9-19(22)36-2/h8-9,11,17-18,21,31-32,34H,3-7,10,12-13H2,1-2H3,(H,29,35). The van der Waals surface area contributed by atoms with E-state index in [1.807, 2.05) is 22.6 Å². The first-order valence-corrected chi connectivity index (χ1v) is 12.8. The van der Waals surface area contributed by atoms with Crippen molar-refractivity contribution in [1.82, 2.24) is 10.2 Å². The normalized spacial score (nSPS) is 19.7. The van der Waals surface area contributed by atoms with Crippen LogP contribution in [0.3, 0.4) is 0 Å². The fourth-order valence-corrected chi connectivity index (χ4v) is 4.74. The molecule has 0 aromatic heterocycles. The van der Waals surface area contributed by atoms with Crippen molar-refractivity contribution in [1.29, 1.82) is 0 Å². The number of nitrogens with zero attached hydrogens (tertiary/aromatic N) is 1. The first-order chi connectivity index (χ1) is 17.4. The van der Waals surface area contributed by atoms with Crippen molar-refractivity contribution in [2.24, 2.45) is 0 Å². The number of hydrogen-bond acceptors (Lipinski definition) is 7. The second-order valence-electron chi connectivity index (χ2n) is 8.52. The molecule has 0 fully saturated rings. The van der Waals surface area contributed by atoms with Crippen molar-refractivity contribution in [3.05, 3.63) is 32.9 Å². The van der Waals surface area contributed by atoms with Crippen LogP contribution in [0.1, 0.15) is 38.2 Å². The van der Waals surface area contributed by atoms with Gasteiger partial charge in [-0.05, 0) is 52.8 Å². The van der Waals surface area contributed by atoms with Gasteiger partial charge in [-0.25, -0.2) is 0 Å². The molecule has 0 radical (unpaired) electrons. The fraction of sp³-hybridized carbons (Fsp3) is 0.583. The summed E-state index contributed by atoms with van der Waals surface area (Å²) in [5.41, 5.74) is 0.526. The highest BCUT2D eigenvalue weighted by atomic mass is 127. The molecule has 0 aliphatic heterocycles. The number of rotatable bonds is 12. The maximum atomic E-state index is 13.5. The highest BCUT2D eigenvalue weighted by Crippen LogP contribution is 2.37. The molecule has 37 heavy (non-hydrogen) atoms. The van der Waals surface area contributed by atoms with E-state index in [1.54, 1.807) is 13.0 Å². The quantitative estimate of drug-likeness (QED) is 0.257. The molecular weight excluding hydrogens is 612 g/mol. The number of benzene rings is 1. The molecule has 208 valence electrons. The summed E-state index contributed by atoms with van der Waals surface area (Å²) in [5.74, 6) is -1.10. The van der Waals surface area contributed by atoms with Crippen LogP contribution in [0.5, 0.6) is 11.5 Å². The molecule has 3 unspecified atom stereocenters. The second kappa shape index (κ2) is 14.2. The lowest BCUT2D eigenvalue weighted by atomic mass is 9.88. The number of ether oxygens (including phenoxy) is 2. The first kappa shape index (κ1) is 31.1. The number of methoxy groups -OCH3 is 1. The van der Waals surface area contributed by atoms with Crippen LogP contribution in [-0.2, 0) is 16.2 Å². The zero-order chi connectivity index (χ0) is 27.8. The Labute approximate surface area is 226 Å². The van der Waals surface area contributed by atoms with E-state index in [1.165, 1.54) is 19.3 Å². The molecular formula is C24H32F3IN2O7. The Hall–Kier alpha value is -2.10. The van der Waals surface area contributed by atoms with Gasteiger partial charge in [0.25, 0.3) is 0 Å². The minimum atomic E-state index is -4.74. The Balaban J connectivity index is 2.52. The molecule has 2 rings (SSSR count). The number of hydrogen-bond donors (Lipinski definition) is 4. The van der Waals surface area contributed by atoms with Crippen LogP contribution in [0, 0.1) is 3.57 Å². The van der Waals surface area contributed by atoms with Crippen molar-refractivity contribution >= 4 is 34.4 Å². The number of unbranched alkanes of at least 4 members (excludes halogenated alkanes) is 1. The molecule has 1 aliphatic rings. The maximum absolute atomic E-state index is 13.5. The molecule has 0 spiro atoms. The Morgan fingerprint density at radius 3 is 2.54 bits per heavy atom. The summed E-state index contributed by atoms with van der Waals surface area (Å²) >= 11 is 1.92. The number of aliphatic hydroxyl groups excluding tert-OH is 3. The Morgan fingerprint density at radius 2 is 1.97 bits per heavy atom. The molecule has 1 aromatic rings. The third kappa shape index (κ3) is 8.72. The van der Waals surface area contributed by atoms with Crippen LogP contribution in [0.25, 0.3) is 0 Å². The predicted octanol–water partition coefficient (Wildman–Crippen LogP) is 2.29. The van der Waals surface area contributed by atoms with Gasteiger partial charge in [0.1, 0.15) is 18.8 Å². The number of amides is 2. The average Bonchev–Trinajstić information content (AvgIpc) is 2.85. The third-order valence-electron chi connectivity index (χ3n) is 5.75. The molecule has 1 aliphatic carbocycles. The topological polar surface area (TPSA) is 129 Å². The zero-order valence-corrected chi connectivity index (χ0v) is 22.7. The highest BCUT2D eigenvalue weighted by Gasteiger charge is 2.44. The predicted molar refractivity (Wildman–Crippen MR) is 136 cm³/mol. The van der Waals surface area contributed by atoms with Gasteiger partial charge in [0, 0.05) is 25.0 Å². The Bertz CT molecular complexity index is 974. The summed E-state index contributed by atoms with van der Waals surface area (Å²) in [7, 11) is 1.36. The van der Waals surface area contributed by atoms with Crippen LogP contribution >= 0.6 is 22.6 Å². The minimum absolute atomic E-state index is 0.00479. The van der Waals surface area contributed by atoms with Gasteiger partial charge < -0.3 is 35.0 Å². The molecule has 0 heterocycles. The number of alkyl halides is 3. The summed E-state index contributed by atoms with van der Waals surface area (Å²) in [4.78, 5) is 26.1. The van der Waals surface area contributed by atoms with Gasteiger partial charge in [0.05, 0.1) is 29.9 Å². The van der Waals surface area contributed by atoms with E-state index in [0.717, 1.165) is 0 Å². The molecule has 2 amide bonds.